The molecule has 0 saturated heterocycles. The Balaban J connectivity index is 1.59. The van der Waals surface area contributed by atoms with Crippen molar-refractivity contribution < 1.29 is 9.18 Å². The monoisotopic (exact) mass is 391 g/mol. The van der Waals surface area contributed by atoms with Gasteiger partial charge in [0.1, 0.15) is 5.82 Å². The van der Waals surface area contributed by atoms with Gasteiger partial charge in [-0.1, -0.05) is 19.1 Å². The molecule has 0 saturated carbocycles. The average molecular weight is 392 g/mol. The third-order valence-corrected chi connectivity index (χ3v) is 5.02. The first-order valence-electron chi connectivity index (χ1n) is 9.00. The van der Waals surface area contributed by atoms with Crippen LogP contribution in [-0.4, -0.2) is 43.5 Å². The van der Waals surface area contributed by atoms with Gasteiger partial charge in [0.05, 0.1) is 11.4 Å². The lowest BCUT2D eigenvalue weighted by Crippen LogP contribution is -2.42. The minimum absolute atomic E-state index is 0.0955. The number of aliphatic imine (C=N–C) groups is 1. The second kappa shape index (κ2) is 11.3. The van der Waals surface area contributed by atoms with Gasteiger partial charge in [0.2, 0.25) is 5.91 Å². The lowest BCUT2D eigenvalue weighted by atomic mass is 10.1. The molecule has 0 spiro atoms. The summed E-state index contributed by atoms with van der Waals surface area (Å²) < 4.78 is 12.9. The average Bonchev–Trinajstić information content (AvgIpc) is 3.13. The summed E-state index contributed by atoms with van der Waals surface area (Å²) in [6, 6.07) is 5.94. The van der Waals surface area contributed by atoms with Gasteiger partial charge < -0.3 is 16.0 Å². The second-order valence-corrected chi connectivity index (χ2v) is 7.10. The van der Waals surface area contributed by atoms with Crippen LogP contribution >= 0.6 is 11.3 Å². The molecular weight excluding hydrogens is 365 g/mol. The maximum atomic E-state index is 12.9. The second-order valence-electron chi connectivity index (χ2n) is 5.90. The Hall–Kier alpha value is -2.48. The van der Waals surface area contributed by atoms with Crippen LogP contribution in [0.2, 0.25) is 0 Å². The lowest BCUT2D eigenvalue weighted by molar-refractivity contribution is -0.120. The van der Waals surface area contributed by atoms with Crippen LogP contribution in [-0.2, 0) is 24.1 Å². The molecule has 2 aromatic rings. The number of carbonyl (C=O) groups is 1. The fraction of sp³-hybridized carbons (Fsp3) is 0.421. The van der Waals surface area contributed by atoms with Crippen LogP contribution < -0.4 is 16.0 Å². The van der Waals surface area contributed by atoms with E-state index in [4.69, 9.17) is 0 Å². The molecule has 0 fully saturated rings. The summed E-state index contributed by atoms with van der Waals surface area (Å²) in [5.41, 5.74) is 0.785. The Morgan fingerprint density at radius 3 is 2.52 bits per heavy atom. The number of hydrogen-bond acceptors (Lipinski definition) is 4. The highest BCUT2D eigenvalue weighted by atomic mass is 32.1. The van der Waals surface area contributed by atoms with E-state index in [1.165, 1.54) is 17.0 Å². The summed E-state index contributed by atoms with van der Waals surface area (Å²) in [5.74, 6) is 0.291. The molecule has 8 heteroatoms. The van der Waals surface area contributed by atoms with Gasteiger partial charge in [-0.3, -0.25) is 9.79 Å². The number of amides is 1. The SMILES string of the molecule is CCc1cnc(CCNC(=NC)NCCNC(=O)Cc2ccc(F)cc2)s1. The number of hydrogen-bond donors (Lipinski definition) is 3. The molecule has 6 nitrogen and oxygen atoms in total. The highest BCUT2D eigenvalue weighted by Crippen LogP contribution is 2.13. The molecule has 0 unspecified atom stereocenters. The summed E-state index contributed by atoms with van der Waals surface area (Å²) >= 11 is 1.74. The number of nitrogens with one attached hydrogen (secondary N) is 3. The van der Waals surface area contributed by atoms with Crippen LogP contribution in [0.3, 0.4) is 0 Å². The van der Waals surface area contributed by atoms with Crippen LogP contribution in [0, 0.1) is 5.82 Å². The first-order chi connectivity index (χ1) is 13.1. The van der Waals surface area contributed by atoms with Gasteiger partial charge in [-0.05, 0) is 24.1 Å². The van der Waals surface area contributed by atoms with Gasteiger partial charge in [-0.25, -0.2) is 9.37 Å². The zero-order valence-corrected chi connectivity index (χ0v) is 16.5. The molecule has 0 bridgehead atoms. The molecule has 1 heterocycles. The summed E-state index contributed by atoms with van der Waals surface area (Å²) in [6.07, 6.45) is 4.03. The van der Waals surface area contributed by atoms with Crippen molar-refractivity contribution in [3.8, 4) is 0 Å². The molecule has 1 amide bonds. The van der Waals surface area contributed by atoms with E-state index < -0.39 is 0 Å². The Morgan fingerprint density at radius 2 is 1.85 bits per heavy atom. The highest BCUT2D eigenvalue weighted by molar-refractivity contribution is 7.11. The number of thiazole rings is 1. The molecule has 1 aromatic heterocycles. The van der Waals surface area contributed by atoms with Gasteiger partial charge in [0.15, 0.2) is 5.96 Å². The standard InChI is InChI=1S/C19H26FN5OS/c1-3-16-13-25-18(27-16)8-9-23-19(21-2)24-11-10-22-17(26)12-14-4-6-15(20)7-5-14/h4-7,13H,3,8-12H2,1-2H3,(H,22,26)(H2,21,23,24). The van der Waals surface area contributed by atoms with E-state index in [-0.39, 0.29) is 18.1 Å². The van der Waals surface area contributed by atoms with Crippen molar-refractivity contribution in [1.29, 1.82) is 0 Å². The van der Waals surface area contributed by atoms with Crippen LogP contribution in [0.5, 0.6) is 0 Å². The number of nitrogens with zero attached hydrogens (tertiary/aromatic N) is 2. The molecule has 0 radical (unpaired) electrons. The van der Waals surface area contributed by atoms with Crippen molar-refractivity contribution in [3.63, 3.8) is 0 Å². The van der Waals surface area contributed by atoms with E-state index in [1.807, 2.05) is 6.20 Å². The van der Waals surface area contributed by atoms with Gasteiger partial charge >= 0.3 is 0 Å². The third kappa shape index (κ3) is 7.74. The van der Waals surface area contributed by atoms with Crippen LogP contribution in [0.15, 0.2) is 35.5 Å². The summed E-state index contributed by atoms with van der Waals surface area (Å²) in [6.45, 7) is 3.91. The predicted molar refractivity (Wildman–Crippen MR) is 108 cm³/mol. The lowest BCUT2D eigenvalue weighted by Gasteiger charge is -2.12. The predicted octanol–water partition coefficient (Wildman–Crippen LogP) is 1.91. The molecular formula is C19H26FN5OS. The largest absolute Gasteiger partial charge is 0.356 e. The van der Waals surface area contributed by atoms with Gasteiger partial charge in [-0.2, -0.15) is 0 Å². The van der Waals surface area contributed by atoms with Crippen molar-refractivity contribution in [2.45, 2.75) is 26.2 Å². The first-order valence-corrected chi connectivity index (χ1v) is 9.81. The number of aromatic nitrogens is 1. The molecule has 0 aliphatic heterocycles. The van der Waals surface area contributed by atoms with Gasteiger partial charge in [-0.15, -0.1) is 11.3 Å². The zero-order valence-electron chi connectivity index (χ0n) is 15.7. The number of aryl methyl sites for hydroxylation is 1. The van der Waals surface area contributed by atoms with Crippen molar-refractivity contribution in [2.24, 2.45) is 4.99 Å². The van der Waals surface area contributed by atoms with Crippen molar-refractivity contribution in [1.82, 2.24) is 20.9 Å². The summed E-state index contributed by atoms with van der Waals surface area (Å²) in [7, 11) is 1.71. The third-order valence-electron chi connectivity index (χ3n) is 3.82. The molecule has 27 heavy (non-hydrogen) atoms. The molecule has 1 aromatic carbocycles. The Kier molecular flexibility index (Phi) is 8.70. The summed E-state index contributed by atoms with van der Waals surface area (Å²) in [4.78, 5) is 21.7. The van der Waals surface area contributed by atoms with Crippen LogP contribution in [0.4, 0.5) is 4.39 Å². The van der Waals surface area contributed by atoms with E-state index in [1.54, 1.807) is 30.5 Å². The number of benzene rings is 1. The normalized spacial score (nSPS) is 11.3. The number of rotatable bonds is 9. The molecule has 0 atom stereocenters. The number of carbonyl (C=O) groups excluding carboxylic acids is 1. The Labute approximate surface area is 163 Å². The zero-order chi connectivity index (χ0) is 19.5. The molecule has 146 valence electrons. The van der Waals surface area contributed by atoms with E-state index in [0.717, 1.165) is 30.0 Å². The smallest absolute Gasteiger partial charge is 0.224 e. The highest BCUT2D eigenvalue weighted by Gasteiger charge is 2.04. The van der Waals surface area contributed by atoms with Crippen molar-refractivity contribution in [2.75, 3.05) is 26.7 Å². The number of halogens is 1. The first kappa shape index (κ1) is 20.8. The van der Waals surface area contributed by atoms with Gasteiger partial charge in [0, 0.05) is 44.2 Å². The maximum Gasteiger partial charge on any atom is 0.224 e. The fourth-order valence-electron chi connectivity index (χ4n) is 2.37. The molecule has 2 rings (SSSR count). The van der Waals surface area contributed by atoms with E-state index >= 15 is 0 Å². The maximum absolute atomic E-state index is 12.9. The minimum Gasteiger partial charge on any atom is -0.356 e. The molecule has 0 aliphatic carbocycles. The minimum atomic E-state index is -0.303. The molecule has 0 aliphatic rings. The Bertz CT molecular complexity index is 745. The topological polar surface area (TPSA) is 78.4 Å². The van der Waals surface area contributed by atoms with Gasteiger partial charge in [0.25, 0.3) is 0 Å². The number of guanidine groups is 1. The van der Waals surface area contributed by atoms with Crippen LogP contribution in [0.1, 0.15) is 22.4 Å². The van der Waals surface area contributed by atoms with Crippen molar-refractivity contribution in [3.05, 3.63) is 51.7 Å². The molecule has 3 N–H and O–H groups in total. The quantitative estimate of drug-likeness (QED) is 0.347. The fourth-order valence-corrected chi connectivity index (χ4v) is 3.23. The Morgan fingerprint density at radius 1 is 1.15 bits per heavy atom. The van der Waals surface area contributed by atoms with E-state index in [2.05, 4.69) is 32.9 Å². The van der Waals surface area contributed by atoms with Crippen molar-refractivity contribution >= 4 is 23.2 Å². The van der Waals surface area contributed by atoms with E-state index in [0.29, 0.717) is 19.0 Å². The van der Waals surface area contributed by atoms with Crippen LogP contribution in [0.25, 0.3) is 0 Å². The summed E-state index contributed by atoms with van der Waals surface area (Å²) in [5, 5.41) is 10.3. The van der Waals surface area contributed by atoms with E-state index in [9.17, 15) is 9.18 Å².